The van der Waals surface area contributed by atoms with E-state index in [-0.39, 0.29) is 17.8 Å². The minimum Gasteiger partial charge on any atom is -0.350 e. The Morgan fingerprint density at radius 3 is 2.78 bits per heavy atom. The largest absolute Gasteiger partial charge is 0.350 e. The van der Waals surface area contributed by atoms with Crippen LogP contribution < -0.4 is 5.32 Å². The van der Waals surface area contributed by atoms with Gasteiger partial charge in [-0.3, -0.25) is 9.69 Å². The summed E-state index contributed by atoms with van der Waals surface area (Å²) in [4.78, 5) is 19.2. The lowest BCUT2D eigenvalue weighted by atomic mass is 10.0. The van der Waals surface area contributed by atoms with E-state index in [1.807, 2.05) is 29.8 Å². The summed E-state index contributed by atoms with van der Waals surface area (Å²) in [5, 5.41) is 2.99. The highest BCUT2D eigenvalue weighted by Crippen LogP contribution is 2.26. The molecule has 4 rings (SSSR count). The van der Waals surface area contributed by atoms with Crippen molar-refractivity contribution < 1.29 is 9.18 Å². The zero-order valence-electron chi connectivity index (χ0n) is 15.4. The second-order valence-corrected chi connectivity index (χ2v) is 7.05. The van der Waals surface area contributed by atoms with Gasteiger partial charge in [0, 0.05) is 24.7 Å². The van der Waals surface area contributed by atoms with Crippen molar-refractivity contribution in [1.29, 1.82) is 0 Å². The Bertz CT molecular complexity index is 962. The second kappa shape index (κ2) is 7.48. The van der Waals surface area contributed by atoms with Gasteiger partial charge in [-0.2, -0.15) is 0 Å². The predicted molar refractivity (Wildman–Crippen MR) is 103 cm³/mol. The van der Waals surface area contributed by atoms with Gasteiger partial charge in [0.05, 0.1) is 23.4 Å². The second-order valence-electron chi connectivity index (χ2n) is 7.05. The van der Waals surface area contributed by atoms with Crippen LogP contribution in [0, 0.1) is 5.82 Å². The van der Waals surface area contributed by atoms with E-state index in [0.29, 0.717) is 17.7 Å². The molecule has 0 aliphatic carbocycles. The van der Waals surface area contributed by atoms with Crippen LogP contribution in [0.4, 0.5) is 4.39 Å². The quantitative estimate of drug-likeness (QED) is 0.754. The van der Waals surface area contributed by atoms with Gasteiger partial charge in [0.25, 0.3) is 5.91 Å². The predicted octanol–water partition coefficient (Wildman–Crippen LogP) is 3.28. The number of likely N-dealkylation sites (tertiary alicyclic amines) is 1. The molecule has 27 heavy (non-hydrogen) atoms. The van der Waals surface area contributed by atoms with Crippen LogP contribution in [0.3, 0.4) is 0 Å². The Hall–Kier alpha value is -2.73. The maximum atomic E-state index is 14.4. The molecule has 6 heteroatoms. The number of hydrogen-bond acceptors (Lipinski definition) is 3. The van der Waals surface area contributed by atoms with Crippen molar-refractivity contribution >= 4 is 16.9 Å². The number of carbonyl (C=O) groups excluding carboxylic acids is 1. The van der Waals surface area contributed by atoms with Crippen molar-refractivity contribution in [3.63, 3.8) is 0 Å². The first-order valence-electron chi connectivity index (χ1n) is 9.31. The third-order valence-electron chi connectivity index (χ3n) is 5.29. The minimum atomic E-state index is -0.224. The van der Waals surface area contributed by atoms with Crippen molar-refractivity contribution in [1.82, 2.24) is 19.8 Å². The number of rotatable bonds is 5. The average Bonchev–Trinajstić information content (AvgIpc) is 3.33. The van der Waals surface area contributed by atoms with Gasteiger partial charge in [-0.1, -0.05) is 18.2 Å². The molecular formula is C21H23FN4O. The van der Waals surface area contributed by atoms with E-state index < -0.39 is 0 Å². The summed E-state index contributed by atoms with van der Waals surface area (Å²) in [5.41, 5.74) is 2.97. The molecule has 1 saturated heterocycles. The van der Waals surface area contributed by atoms with Crippen molar-refractivity contribution in [2.45, 2.75) is 18.9 Å². The van der Waals surface area contributed by atoms with E-state index >= 15 is 0 Å². The van der Waals surface area contributed by atoms with Crippen LogP contribution in [0.1, 0.15) is 34.8 Å². The van der Waals surface area contributed by atoms with E-state index in [1.54, 1.807) is 24.5 Å². The maximum Gasteiger partial charge on any atom is 0.251 e. The molecule has 2 aromatic carbocycles. The Kier molecular flexibility index (Phi) is 4.90. The van der Waals surface area contributed by atoms with Gasteiger partial charge in [0.15, 0.2) is 0 Å². The highest BCUT2D eigenvalue weighted by atomic mass is 19.1. The summed E-state index contributed by atoms with van der Waals surface area (Å²) >= 11 is 0. The normalized spacial score (nSPS) is 15.9. The first kappa shape index (κ1) is 17.7. The minimum absolute atomic E-state index is 0.156. The molecule has 0 radical (unpaired) electrons. The molecule has 1 N–H and O–H groups in total. The zero-order valence-corrected chi connectivity index (χ0v) is 15.4. The van der Waals surface area contributed by atoms with Crippen LogP contribution in [0.25, 0.3) is 11.0 Å². The van der Waals surface area contributed by atoms with E-state index in [4.69, 9.17) is 0 Å². The van der Waals surface area contributed by atoms with Crippen molar-refractivity contribution in [3.05, 3.63) is 65.7 Å². The van der Waals surface area contributed by atoms with Crippen molar-refractivity contribution in [3.8, 4) is 0 Å². The topological polar surface area (TPSA) is 50.2 Å². The number of fused-ring (bicyclic) bond motifs is 1. The molecular weight excluding hydrogens is 343 g/mol. The molecule has 5 nitrogen and oxygen atoms in total. The van der Waals surface area contributed by atoms with Gasteiger partial charge < -0.3 is 9.88 Å². The van der Waals surface area contributed by atoms with E-state index in [0.717, 1.165) is 37.0 Å². The highest BCUT2D eigenvalue weighted by molar-refractivity contribution is 5.97. The fourth-order valence-corrected chi connectivity index (χ4v) is 3.80. The first-order valence-corrected chi connectivity index (χ1v) is 9.31. The van der Waals surface area contributed by atoms with Gasteiger partial charge in [-0.05, 0) is 50.2 Å². The molecule has 1 atom stereocenters. The smallest absolute Gasteiger partial charge is 0.251 e. The number of imidazole rings is 1. The standard InChI is InChI=1S/C21H23FN4O/c1-25-14-24-18-12-15(8-9-19(18)25)21(27)23-13-20(26-10-4-5-11-26)16-6-2-3-7-17(16)22/h2-3,6-9,12,14,20H,4-5,10-11,13H2,1H3,(H,23,27)/t20-/m0/s1. The SMILES string of the molecule is Cn1cnc2cc(C(=O)NC[C@@H](c3ccccc3F)N3CCCC3)ccc21. The molecule has 0 bridgehead atoms. The van der Waals surface area contributed by atoms with Gasteiger partial charge in [-0.25, -0.2) is 9.37 Å². The molecule has 1 aliphatic heterocycles. The van der Waals surface area contributed by atoms with Gasteiger partial charge in [0.1, 0.15) is 5.82 Å². The summed E-state index contributed by atoms with van der Waals surface area (Å²) in [5.74, 6) is -0.387. The molecule has 140 valence electrons. The first-order chi connectivity index (χ1) is 13.1. The monoisotopic (exact) mass is 366 g/mol. The van der Waals surface area contributed by atoms with E-state index in [9.17, 15) is 9.18 Å². The lowest BCUT2D eigenvalue weighted by Gasteiger charge is -2.28. The molecule has 1 fully saturated rings. The molecule has 1 aliphatic rings. The van der Waals surface area contributed by atoms with Crippen LogP contribution in [0.2, 0.25) is 0 Å². The Balaban J connectivity index is 1.52. The lowest BCUT2D eigenvalue weighted by Crippen LogP contribution is -2.37. The Morgan fingerprint density at radius 2 is 2.00 bits per heavy atom. The number of nitrogens with zero attached hydrogens (tertiary/aromatic N) is 3. The molecule has 0 spiro atoms. The summed E-state index contributed by atoms with van der Waals surface area (Å²) in [7, 11) is 1.92. The van der Waals surface area contributed by atoms with Crippen LogP contribution in [-0.4, -0.2) is 40.0 Å². The summed E-state index contributed by atoms with van der Waals surface area (Å²) in [6.07, 6.45) is 3.94. The summed E-state index contributed by atoms with van der Waals surface area (Å²) < 4.78 is 16.3. The number of nitrogens with one attached hydrogen (secondary N) is 1. The van der Waals surface area contributed by atoms with Gasteiger partial charge in [0.2, 0.25) is 0 Å². The highest BCUT2D eigenvalue weighted by Gasteiger charge is 2.26. The lowest BCUT2D eigenvalue weighted by molar-refractivity contribution is 0.0937. The van der Waals surface area contributed by atoms with Crippen molar-refractivity contribution in [2.75, 3.05) is 19.6 Å². The number of carbonyl (C=O) groups is 1. The summed E-state index contributed by atoms with van der Waals surface area (Å²) in [6, 6.07) is 12.2. The van der Waals surface area contributed by atoms with Gasteiger partial charge in [-0.15, -0.1) is 0 Å². The van der Waals surface area contributed by atoms with Crippen LogP contribution in [0.15, 0.2) is 48.8 Å². The molecule has 0 unspecified atom stereocenters. The Labute approximate surface area is 157 Å². The van der Waals surface area contributed by atoms with Crippen LogP contribution in [-0.2, 0) is 7.05 Å². The molecule has 1 amide bonds. The van der Waals surface area contributed by atoms with E-state index in [1.165, 1.54) is 6.07 Å². The molecule has 2 heterocycles. The molecule has 1 aromatic heterocycles. The van der Waals surface area contributed by atoms with Crippen molar-refractivity contribution in [2.24, 2.45) is 7.05 Å². The van der Waals surface area contributed by atoms with Gasteiger partial charge >= 0.3 is 0 Å². The summed E-state index contributed by atoms with van der Waals surface area (Å²) in [6.45, 7) is 2.23. The van der Waals surface area contributed by atoms with Crippen LogP contribution >= 0.6 is 0 Å². The number of hydrogen-bond donors (Lipinski definition) is 1. The average molecular weight is 366 g/mol. The third-order valence-corrected chi connectivity index (χ3v) is 5.29. The Morgan fingerprint density at radius 1 is 1.22 bits per heavy atom. The van der Waals surface area contributed by atoms with E-state index in [2.05, 4.69) is 15.2 Å². The molecule has 0 saturated carbocycles. The fraction of sp³-hybridized carbons (Fsp3) is 0.333. The zero-order chi connectivity index (χ0) is 18.8. The molecule has 3 aromatic rings. The number of amides is 1. The van der Waals surface area contributed by atoms with Crippen LogP contribution in [0.5, 0.6) is 0 Å². The number of aromatic nitrogens is 2. The third kappa shape index (κ3) is 3.57. The number of halogens is 1. The fourth-order valence-electron chi connectivity index (χ4n) is 3.80. The number of benzene rings is 2. The maximum absolute atomic E-state index is 14.4. The number of aryl methyl sites for hydroxylation is 1.